The van der Waals surface area contributed by atoms with Crippen molar-refractivity contribution in [3.8, 4) is 5.75 Å². The van der Waals surface area contributed by atoms with Gasteiger partial charge in [-0.3, -0.25) is 9.52 Å². The molecule has 3 aromatic carbocycles. The van der Waals surface area contributed by atoms with E-state index in [2.05, 4.69) is 10.0 Å². The van der Waals surface area contributed by atoms with Crippen molar-refractivity contribution >= 4 is 21.6 Å². The molecule has 2 N–H and O–H groups in total. The van der Waals surface area contributed by atoms with E-state index < -0.39 is 10.0 Å². The summed E-state index contributed by atoms with van der Waals surface area (Å²) < 4.78 is 32.6. The average molecular weight is 410 g/mol. The lowest BCUT2D eigenvalue weighted by Gasteiger charge is -2.10. The normalized spacial score (nSPS) is 10.9. The fourth-order valence-electron chi connectivity index (χ4n) is 2.66. The highest BCUT2D eigenvalue weighted by molar-refractivity contribution is 7.92. The lowest BCUT2D eigenvalue weighted by molar-refractivity contribution is 0.0951. The largest absolute Gasteiger partial charge is 0.494 e. The number of sulfonamides is 1. The van der Waals surface area contributed by atoms with Crippen LogP contribution in [0.15, 0.2) is 83.8 Å². The van der Waals surface area contributed by atoms with Gasteiger partial charge in [0.1, 0.15) is 5.75 Å². The minimum Gasteiger partial charge on any atom is -0.494 e. The van der Waals surface area contributed by atoms with Crippen LogP contribution in [0.5, 0.6) is 5.75 Å². The van der Waals surface area contributed by atoms with Crippen LogP contribution in [-0.4, -0.2) is 20.9 Å². The van der Waals surface area contributed by atoms with Crippen LogP contribution >= 0.6 is 0 Å². The lowest BCUT2D eigenvalue weighted by Crippen LogP contribution is -2.22. The third kappa shape index (κ3) is 5.58. The summed E-state index contributed by atoms with van der Waals surface area (Å²) >= 11 is 0. The Morgan fingerprint density at radius 1 is 0.897 bits per heavy atom. The van der Waals surface area contributed by atoms with Crippen molar-refractivity contribution in [1.29, 1.82) is 0 Å². The molecule has 0 fully saturated rings. The Labute approximate surface area is 170 Å². The van der Waals surface area contributed by atoms with Crippen molar-refractivity contribution < 1.29 is 17.9 Å². The molecule has 0 spiro atoms. The Morgan fingerprint density at radius 3 is 2.17 bits per heavy atom. The standard InChI is InChI=1S/C22H22N2O4S/c1-2-28-20-14-8-17(9-15-20)16-23-22(25)18-10-12-19(13-11-18)24-29(26,27)21-6-4-3-5-7-21/h3-15,24H,2,16H2,1H3,(H,23,25). The number of carbonyl (C=O) groups excluding carboxylic acids is 1. The van der Waals surface area contributed by atoms with Gasteiger partial charge in [0.15, 0.2) is 0 Å². The van der Waals surface area contributed by atoms with Crippen LogP contribution in [0, 0.1) is 0 Å². The van der Waals surface area contributed by atoms with E-state index in [4.69, 9.17) is 4.74 Å². The third-order valence-electron chi connectivity index (χ3n) is 4.14. The van der Waals surface area contributed by atoms with Crippen LogP contribution in [0.4, 0.5) is 5.69 Å². The summed E-state index contributed by atoms with van der Waals surface area (Å²) in [5, 5.41) is 2.84. The summed E-state index contributed by atoms with van der Waals surface area (Å²) in [5.41, 5.74) is 1.78. The highest BCUT2D eigenvalue weighted by Crippen LogP contribution is 2.17. The molecule has 3 rings (SSSR count). The topological polar surface area (TPSA) is 84.5 Å². The molecular weight excluding hydrogens is 388 g/mol. The van der Waals surface area contributed by atoms with Crippen molar-refractivity contribution in [2.24, 2.45) is 0 Å². The molecule has 0 atom stereocenters. The van der Waals surface area contributed by atoms with Crippen molar-refractivity contribution in [1.82, 2.24) is 5.32 Å². The van der Waals surface area contributed by atoms with E-state index in [0.29, 0.717) is 24.4 Å². The van der Waals surface area contributed by atoms with Gasteiger partial charge in [0, 0.05) is 17.8 Å². The monoisotopic (exact) mass is 410 g/mol. The van der Waals surface area contributed by atoms with Gasteiger partial charge in [-0.25, -0.2) is 8.42 Å². The summed E-state index contributed by atoms with van der Waals surface area (Å²) in [4.78, 5) is 12.5. The number of rotatable bonds is 8. The molecule has 150 valence electrons. The number of hydrogen-bond acceptors (Lipinski definition) is 4. The van der Waals surface area contributed by atoms with E-state index in [-0.39, 0.29) is 10.8 Å². The first-order valence-corrected chi connectivity index (χ1v) is 10.6. The number of anilines is 1. The Morgan fingerprint density at radius 2 is 1.55 bits per heavy atom. The second-order valence-electron chi connectivity index (χ2n) is 6.26. The number of benzene rings is 3. The van der Waals surface area contributed by atoms with Crippen LogP contribution in [-0.2, 0) is 16.6 Å². The molecular formula is C22H22N2O4S. The molecule has 0 aliphatic carbocycles. The van der Waals surface area contributed by atoms with E-state index in [1.165, 1.54) is 12.1 Å². The predicted octanol–water partition coefficient (Wildman–Crippen LogP) is 3.82. The number of amides is 1. The molecule has 0 radical (unpaired) electrons. The highest BCUT2D eigenvalue weighted by atomic mass is 32.2. The minimum absolute atomic E-state index is 0.178. The van der Waals surface area contributed by atoms with Crippen LogP contribution in [0.1, 0.15) is 22.8 Å². The molecule has 0 aliphatic heterocycles. The Bertz CT molecular complexity index is 1050. The van der Waals surface area contributed by atoms with Gasteiger partial charge >= 0.3 is 0 Å². The van der Waals surface area contributed by atoms with Gasteiger partial charge in [-0.2, -0.15) is 0 Å². The van der Waals surface area contributed by atoms with E-state index in [9.17, 15) is 13.2 Å². The van der Waals surface area contributed by atoms with Gasteiger partial charge in [-0.05, 0) is 61.0 Å². The molecule has 3 aromatic rings. The van der Waals surface area contributed by atoms with Gasteiger partial charge in [0.25, 0.3) is 15.9 Å². The Kier molecular flexibility index (Phi) is 6.51. The zero-order valence-electron chi connectivity index (χ0n) is 16.0. The maximum absolute atomic E-state index is 12.3. The van der Waals surface area contributed by atoms with Gasteiger partial charge in [0.2, 0.25) is 0 Å². The summed E-state index contributed by atoms with van der Waals surface area (Å²) in [6.45, 7) is 2.91. The van der Waals surface area contributed by atoms with E-state index in [1.54, 1.807) is 42.5 Å². The average Bonchev–Trinajstić information content (AvgIpc) is 2.74. The number of nitrogens with one attached hydrogen (secondary N) is 2. The molecule has 0 bridgehead atoms. The molecule has 0 heterocycles. The van der Waals surface area contributed by atoms with Crippen molar-refractivity contribution in [2.45, 2.75) is 18.4 Å². The molecule has 7 heteroatoms. The van der Waals surface area contributed by atoms with Gasteiger partial charge in [-0.1, -0.05) is 30.3 Å². The number of ether oxygens (including phenoxy) is 1. The zero-order valence-corrected chi connectivity index (χ0v) is 16.8. The van der Waals surface area contributed by atoms with Crippen LogP contribution in [0.2, 0.25) is 0 Å². The molecule has 1 amide bonds. The fourth-order valence-corrected chi connectivity index (χ4v) is 3.74. The molecule has 29 heavy (non-hydrogen) atoms. The third-order valence-corrected chi connectivity index (χ3v) is 5.54. The first-order valence-electron chi connectivity index (χ1n) is 9.16. The maximum Gasteiger partial charge on any atom is 0.261 e. The molecule has 6 nitrogen and oxygen atoms in total. The van der Waals surface area contributed by atoms with Crippen molar-refractivity contribution in [2.75, 3.05) is 11.3 Å². The van der Waals surface area contributed by atoms with E-state index in [0.717, 1.165) is 11.3 Å². The second kappa shape index (κ2) is 9.25. The van der Waals surface area contributed by atoms with E-state index >= 15 is 0 Å². The fraction of sp³-hybridized carbons (Fsp3) is 0.136. The predicted molar refractivity (Wildman–Crippen MR) is 112 cm³/mol. The van der Waals surface area contributed by atoms with Crippen molar-refractivity contribution in [3.63, 3.8) is 0 Å². The van der Waals surface area contributed by atoms with Crippen LogP contribution < -0.4 is 14.8 Å². The zero-order chi connectivity index (χ0) is 20.7. The minimum atomic E-state index is -3.66. The Hall–Kier alpha value is -3.32. The summed E-state index contributed by atoms with van der Waals surface area (Å²) in [6.07, 6.45) is 0. The SMILES string of the molecule is CCOc1ccc(CNC(=O)c2ccc(NS(=O)(=O)c3ccccc3)cc2)cc1. The lowest BCUT2D eigenvalue weighted by atomic mass is 10.2. The maximum atomic E-state index is 12.3. The first-order chi connectivity index (χ1) is 14.0. The quantitative estimate of drug-likeness (QED) is 0.591. The highest BCUT2D eigenvalue weighted by Gasteiger charge is 2.14. The smallest absolute Gasteiger partial charge is 0.261 e. The second-order valence-corrected chi connectivity index (χ2v) is 7.94. The van der Waals surface area contributed by atoms with Gasteiger partial charge < -0.3 is 10.1 Å². The molecule has 0 aromatic heterocycles. The van der Waals surface area contributed by atoms with Crippen LogP contribution in [0.3, 0.4) is 0 Å². The summed E-state index contributed by atoms with van der Waals surface area (Å²) in [5.74, 6) is 0.549. The van der Waals surface area contributed by atoms with Gasteiger partial charge in [-0.15, -0.1) is 0 Å². The summed E-state index contributed by atoms with van der Waals surface area (Å²) in [7, 11) is -3.66. The van der Waals surface area contributed by atoms with Gasteiger partial charge in [0.05, 0.1) is 11.5 Å². The molecule has 0 unspecified atom stereocenters. The first kappa shape index (κ1) is 20.4. The number of hydrogen-bond donors (Lipinski definition) is 2. The van der Waals surface area contributed by atoms with Crippen molar-refractivity contribution in [3.05, 3.63) is 90.0 Å². The molecule has 0 aliphatic rings. The summed E-state index contributed by atoms with van der Waals surface area (Å²) in [6, 6.07) is 21.9. The van der Waals surface area contributed by atoms with E-state index in [1.807, 2.05) is 31.2 Å². The number of carbonyl (C=O) groups is 1. The molecule has 0 saturated heterocycles. The Balaban J connectivity index is 1.58. The van der Waals surface area contributed by atoms with Crippen LogP contribution in [0.25, 0.3) is 0 Å². The molecule has 0 saturated carbocycles.